The van der Waals surface area contributed by atoms with Crippen molar-refractivity contribution in [2.45, 2.75) is 26.2 Å². The van der Waals surface area contributed by atoms with Crippen molar-refractivity contribution in [1.82, 2.24) is 10.1 Å². The Balaban J connectivity index is 1.80. The van der Waals surface area contributed by atoms with Crippen molar-refractivity contribution in [2.24, 2.45) is 0 Å². The molecule has 0 unspecified atom stereocenters. The lowest BCUT2D eigenvalue weighted by atomic mass is 10.1. The molecule has 0 spiro atoms. The number of anilines is 1. The molecule has 1 aromatic carbocycles. The second-order valence-electron chi connectivity index (χ2n) is 4.73. The molecule has 0 atom stereocenters. The first-order valence-corrected chi connectivity index (χ1v) is 6.48. The highest BCUT2D eigenvalue weighted by Gasteiger charge is 2.11. The van der Waals surface area contributed by atoms with Gasteiger partial charge in [-0.1, -0.05) is 5.16 Å². The Kier molecular flexibility index (Phi) is 3.00. The topological polar surface area (TPSA) is 42.2 Å². The van der Waals surface area contributed by atoms with Gasteiger partial charge in [0.05, 0.1) is 0 Å². The van der Waals surface area contributed by atoms with Gasteiger partial charge in [-0.15, -0.1) is 0 Å². The van der Waals surface area contributed by atoms with Gasteiger partial charge in [0, 0.05) is 31.3 Å². The summed E-state index contributed by atoms with van der Waals surface area (Å²) in [7, 11) is 0. The SMILES string of the molecule is Cc1nc(-c2ccc(N3CCCCC3)cc2)no1. The Morgan fingerprint density at radius 3 is 2.39 bits per heavy atom. The summed E-state index contributed by atoms with van der Waals surface area (Å²) in [5.74, 6) is 1.27. The van der Waals surface area contributed by atoms with Gasteiger partial charge in [0.1, 0.15) is 0 Å². The first-order valence-electron chi connectivity index (χ1n) is 6.48. The zero-order chi connectivity index (χ0) is 12.4. The summed E-state index contributed by atoms with van der Waals surface area (Å²) in [4.78, 5) is 6.67. The van der Waals surface area contributed by atoms with Gasteiger partial charge in [0.25, 0.3) is 0 Å². The van der Waals surface area contributed by atoms with E-state index in [1.165, 1.54) is 38.0 Å². The van der Waals surface area contributed by atoms with Crippen molar-refractivity contribution in [3.05, 3.63) is 30.2 Å². The fourth-order valence-corrected chi connectivity index (χ4v) is 2.39. The van der Waals surface area contributed by atoms with Crippen LogP contribution in [0.3, 0.4) is 0 Å². The highest BCUT2D eigenvalue weighted by atomic mass is 16.5. The predicted octanol–water partition coefficient (Wildman–Crippen LogP) is 3.04. The van der Waals surface area contributed by atoms with Crippen molar-refractivity contribution in [1.29, 1.82) is 0 Å². The molecule has 1 aliphatic heterocycles. The number of rotatable bonds is 2. The van der Waals surface area contributed by atoms with E-state index in [-0.39, 0.29) is 0 Å². The Morgan fingerprint density at radius 1 is 1.06 bits per heavy atom. The summed E-state index contributed by atoms with van der Waals surface area (Å²) in [6.07, 6.45) is 3.95. The molecular weight excluding hydrogens is 226 g/mol. The van der Waals surface area contributed by atoms with Crippen LogP contribution in [-0.4, -0.2) is 23.2 Å². The van der Waals surface area contributed by atoms with Crippen LogP contribution < -0.4 is 4.90 Å². The molecule has 0 bridgehead atoms. The number of piperidine rings is 1. The molecule has 18 heavy (non-hydrogen) atoms. The monoisotopic (exact) mass is 243 g/mol. The molecular formula is C14H17N3O. The average molecular weight is 243 g/mol. The number of hydrogen-bond acceptors (Lipinski definition) is 4. The van der Waals surface area contributed by atoms with Crippen LogP contribution in [0.15, 0.2) is 28.8 Å². The minimum Gasteiger partial charge on any atom is -0.372 e. The number of aromatic nitrogens is 2. The molecule has 2 aromatic rings. The lowest BCUT2D eigenvalue weighted by molar-refractivity contribution is 0.394. The third-order valence-corrected chi connectivity index (χ3v) is 3.37. The predicted molar refractivity (Wildman–Crippen MR) is 70.5 cm³/mol. The van der Waals surface area contributed by atoms with Crippen LogP contribution in [0.5, 0.6) is 0 Å². The lowest BCUT2D eigenvalue weighted by Crippen LogP contribution is -2.29. The fraction of sp³-hybridized carbons (Fsp3) is 0.429. The van der Waals surface area contributed by atoms with Gasteiger partial charge in [-0.05, 0) is 43.5 Å². The van der Waals surface area contributed by atoms with Gasteiger partial charge in [0.15, 0.2) is 0 Å². The van der Waals surface area contributed by atoms with Crippen molar-refractivity contribution in [3.8, 4) is 11.4 Å². The summed E-state index contributed by atoms with van der Waals surface area (Å²) >= 11 is 0. The molecule has 1 fully saturated rings. The molecule has 0 amide bonds. The Hall–Kier alpha value is -1.84. The van der Waals surface area contributed by atoms with E-state index in [4.69, 9.17) is 4.52 Å². The third kappa shape index (κ3) is 2.23. The van der Waals surface area contributed by atoms with E-state index in [9.17, 15) is 0 Å². The second kappa shape index (κ2) is 4.80. The van der Waals surface area contributed by atoms with E-state index in [0.717, 1.165) is 5.56 Å². The highest BCUT2D eigenvalue weighted by molar-refractivity contribution is 5.60. The standard InChI is InChI=1S/C14H17N3O/c1-11-15-14(16-18-11)12-5-7-13(8-6-12)17-9-3-2-4-10-17/h5-8H,2-4,9-10H2,1H3. The molecule has 2 heterocycles. The van der Waals surface area contributed by atoms with E-state index < -0.39 is 0 Å². The molecule has 1 saturated heterocycles. The maximum Gasteiger partial charge on any atom is 0.223 e. The van der Waals surface area contributed by atoms with Crippen LogP contribution in [-0.2, 0) is 0 Å². The maximum absolute atomic E-state index is 4.99. The Labute approximate surface area is 107 Å². The number of benzene rings is 1. The van der Waals surface area contributed by atoms with E-state index in [0.29, 0.717) is 11.7 Å². The van der Waals surface area contributed by atoms with Crippen LogP contribution in [0.25, 0.3) is 11.4 Å². The van der Waals surface area contributed by atoms with E-state index in [2.05, 4.69) is 39.3 Å². The van der Waals surface area contributed by atoms with Gasteiger partial charge in [-0.2, -0.15) is 4.98 Å². The van der Waals surface area contributed by atoms with Crippen molar-refractivity contribution in [2.75, 3.05) is 18.0 Å². The maximum atomic E-state index is 4.99. The van der Waals surface area contributed by atoms with E-state index in [1.54, 1.807) is 6.92 Å². The molecule has 3 rings (SSSR count). The molecule has 4 heteroatoms. The Morgan fingerprint density at radius 2 is 1.78 bits per heavy atom. The minimum atomic E-state index is 0.602. The molecule has 1 aliphatic rings. The second-order valence-corrected chi connectivity index (χ2v) is 4.73. The highest BCUT2D eigenvalue weighted by Crippen LogP contribution is 2.23. The molecule has 4 nitrogen and oxygen atoms in total. The minimum absolute atomic E-state index is 0.602. The van der Waals surface area contributed by atoms with Gasteiger partial charge in [0.2, 0.25) is 11.7 Å². The van der Waals surface area contributed by atoms with Crippen LogP contribution in [0, 0.1) is 6.92 Å². The van der Waals surface area contributed by atoms with Gasteiger partial charge < -0.3 is 9.42 Å². The van der Waals surface area contributed by atoms with Crippen molar-refractivity contribution in [3.63, 3.8) is 0 Å². The smallest absolute Gasteiger partial charge is 0.223 e. The number of hydrogen-bond donors (Lipinski definition) is 0. The number of aryl methyl sites for hydroxylation is 1. The van der Waals surface area contributed by atoms with Gasteiger partial charge >= 0.3 is 0 Å². The summed E-state index contributed by atoms with van der Waals surface area (Å²) in [5, 5.41) is 3.93. The molecule has 0 saturated carbocycles. The van der Waals surface area contributed by atoms with Crippen molar-refractivity contribution < 1.29 is 4.52 Å². The average Bonchev–Trinajstić information content (AvgIpc) is 2.87. The normalized spacial score (nSPS) is 15.9. The molecule has 0 aliphatic carbocycles. The summed E-state index contributed by atoms with van der Waals surface area (Å²) < 4.78 is 4.99. The number of nitrogens with zero attached hydrogens (tertiary/aromatic N) is 3. The third-order valence-electron chi connectivity index (χ3n) is 3.37. The first kappa shape index (κ1) is 11.3. The van der Waals surface area contributed by atoms with Gasteiger partial charge in [-0.3, -0.25) is 0 Å². The van der Waals surface area contributed by atoms with E-state index >= 15 is 0 Å². The van der Waals surface area contributed by atoms with Crippen LogP contribution in [0.1, 0.15) is 25.2 Å². The summed E-state index contributed by atoms with van der Waals surface area (Å²) in [6.45, 7) is 4.14. The molecule has 1 aromatic heterocycles. The largest absolute Gasteiger partial charge is 0.372 e. The lowest BCUT2D eigenvalue weighted by Gasteiger charge is -2.28. The molecule has 0 N–H and O–H groups in total. The quantitative estimate of drug-likeness (QED) is 0.813. The zero-order valence-corrected chi connectivity index (χ0v) is 10.6. The zero-order valence-electron chi connectivity index (χ0n) is 10.6. The summed E-state index contributed by atoms with van der Waals surface area (Å²) in [5.41, 5.74) is 2.30. The molecule has 94 valence electrons. The first-order chi connectivity index (χ1) is 8.83. The Bertz CT molecular complexity index is 512. The van der Waals surface area contributed by atoms with Crippen molar-refractivity contribution >= 4 is 5.69 Å². The summed E-state index contributed by atoms with van der Waals surface area (Å²) in [6, 6.07) is 8.42. The van der Waals surface area contributed by atoms with E-state index in [1.807, 2.05) is 0 Å². The molecule has 0 radical (unpaired) electrons. The van der Waals surface area contributed by atoms with Crippen LogP contribution >= 0.6 is 0 Å². The fourth-order valence-electron chi connectivity index (χ4n) is 2.39. The van der Waals surface area contributed by atoms with Crippen LogP contribution in [0.2, 0.25) is 0 Å². The van der Waals surface area contributed by atoms with Gasteiger partial charge in [-0.25, -0.2) is 0 Å². The van der Waals surface area contributed by atoms with Crippen LogP contribution in [0.4, 0.5) is 5.69 Å².